The van der Waals surface area contributed by atoms with Gasteiger partial charge in [0.25, 0.3) is 0 Å². The summed E-state index contributed by atoms with van der Waals surface area (Å²) in [5.41, 5.74) is -0.900. The molecule has 2 saturated heterocycles. The van der Waals surface area contributed by atoms with Gasteiger partial charge in [0, 0.05) is 13.1 Å². The Balaban J connectivity index is 1.71. The number of rotatable bonds is 3. The van der Waals surface area contributed by atoms with Crippen molar-refractivity contribution in [2.75, 3.05) is 32.7 Å². The Hall–Kier alpha value is -0.150. The average Bonchev–Trinajstić information content (AvgIpc) is 2.72. The second-order valence-corrected chi connectivity index (χ2v) is 4.38. The van der Waals surface area contributed by atoms with E-state index in [4.69, 9.17) is 0 Å². The van der Waals surface area contributed by atoms with Gasteiger partial charge >= 0.3 is 0 Å². The maximum absolute atomic E-state index is 13.9. The van der Waals surface area contributed by atoms with E-state index in [-0.39, 0.29) is 0 Å². The van der Waals surface area contributed by atoms with Crippen LogP contribution in [0.1, 0.15) is 25.7 Å². The second-order valence-electron chi connectivity index (χ2n) is 4.38. The SMILES string of the molecule is FC1(CCN2CCCC2)CCNC1. The van der Waals surface area contributed by atoms with Crippen LogP contribution in [0.15, 0.2) is 0 Å². The third-order valence-corrected chi connectivity index (χ3v) is 3.27. The highest BCUT2D eigenvalue weighted by Crippen LogP contribution is 2.24. The summed E-state index contributed by atoms with van der Waals surface area (Å²) in [7, 11) is 0. The fourth-order valence-corrected chi connectivity index (χ4v) is 2.29. The van der Waals surface area contributed by atoms with Gasteiger partial charge in [0.05, 0.1) is 0 Å². The standard InChI is InChI=1S/C10H19FN2/c11-10(3-5-12-9-10)4-8-13-6-1-2-7-13/h12H,1-9H2. The Morgan fingerprint density at radius 2 is 2.08 bits per heavy atom. The van der Waals surface area contributed by atoms with E-state index in [0.717, 1.165) is 19.5 Å². The summed E-state index contributed by atoms with van der Waals surface area (Å²) in [5.74, 6) is 0. The van der Waals surface area contributed by atoms with Crippen LogP contribution in [-0.2, 0) is 0 Å². The van der Waals surface area contributed by atoms with Gasteiger partial charge in [-0.15, -0.1) is 0 Å². The van der Waals surface area contributed by atoms with Crippen LogP contribution >= 0.6 is 0 Å². The van der Waals surface area contributed by atoms with Crippen molar-refractivity contribution < 1.29 is 4.39 Å². The topological polar surface area (TPSA) is 15.3 Å². The van der Waals surface area contributed by atoms with E-state index < -0.39 is 5.67 Å². The number of nitrogens with zero attached hydrogens (tertiary/aromatic N) is 1. The number of halogens is 1. The molecular formula is C10H19FN2. The van der Waals surface area contributed by atoms with Crippen molar-refractivity contribution in [1.82, 2.24) is 10.2 Å². The summed E-state index contributed by atoms with van der Waals surface area (Å²) >= 11 is 0. The summed E-state index contributed by atoms with van der Waals surface area (Å²) < 4.78 is 13.9. The molecule has 0 bridgehead atoms. The molecule has 2 nitrogen and oxygen atoms in total. The van der Waals surface area contributed by atoms with E-state index in [1.165, 1.54) is 25.9 Å². The van der Waals surface area contributed by atoms with Crippen LogP contribution in [0.25, 0.3) is 0 Å². The van der Waals surface area contributed by atoms with E-state index in [1.54, 1.807) is 0 Å². The molecule has 76 valence electrons. The van der Waals surface area contributed by atoms with E-state index in [1.807, 2.05) is 0 Å². The van der Waals surface area contributed by atoms with Gasteiger partial charge in [-0.3, -0.25) is 0 Å². The molecule has 1 N–H and O–H groups in total. The van der Waals surface area contributed by atoms with Crippen LogP contribution in [-0.4, -0.2) is 43.3 Å². The molecule has 0 radical (unpaired) electrons. The number of alkyl halides is 1. The number of nitrogens with one attached hydrogen (secondary N) is 1. The lowest BCUT2D eigenvalue weighted by Crippen LogP contribution is -2.32. The lowest BCUT2D eigenvalue weighted by atomic mass is 10.0. The molecule has 0 saturated carbocycles. The molecule has 2 heterocycles. The minimum Gasteiger partial charge on any atom is -0.313 e. The molecule has 0 aliphatic carbocycles. The molecule has 0 aromatic carbocycles. The van der Waals surface area contributed by atoms with Crippen LogP contribution in [0.4, 0.5) is 4.39 Å². The Kier molecular flexibility index (Phi) is 2.84. The molecule has 0 spiro atoms. The minimum atomic E-state index is -0.900. The van der Waals surface area contributed by atoms with Crippen molar-refractivity contribution in [3.63, 3.8) is 0 Å². The van der Waals surface area contributed by atoms with Crippen molar-refractivity contribution in [2.24, 2.45) is 0 Å². The zero-order valence-corrected chi connectivity index (χ0v) is 8.19. The minimum absolute atomic E-state index is 0.570. The summed E-state index contributed by atoms with van der Waals surface area (Å²) in [6, 6.07) is 0. The Morgan fingerprint density at radius 3 is 2.69 bits per heavy atom. The molecule has 3 heteroatoms. The van der Waals surface area contributed by atoms with Crippen molar-refractivity contribution in [2.45, 2.75) is 31.4 Å². The summed E-state index contributed by atoms with van der Waals surface area (Å²) in [6.45, 7) is 4.75. The molecule has 1 unspecified atom stereocenters. The highest BCUT2D eigenvalue weighted by molar-refractivity contribution is 4.89. The first kappa shape index (κ1) is 9.41. The molecule has 1 atom stereocenters. The first-order chi connectivity index (χ1) is 6.29. The van der Waals surface area contributed by atoms with E-state index >= 15 is 0 Å². The van der Waals surface area contributed by atoms with Gasteiger partial charge in [-0.1, -0.05) is 0 Å². The summed E-state index contributed by atoms with van der Waals surface area (Å²) in [4.78, 5) is 2.39. The molecular weight excluding hydrogens is 167 g/mol. The van der Waals surface area contributed by atoms with Gasteiger partial charge in [0.15, 0.2) is 0 Å². The number of hydrogen-bond acceptors (Lipinski definition) is 2. The van der Waals surface area contributed by atoms with E-state index in [2.05, 4.69) is 10.2 Å². The average molecular weight is 186 g/mol. The van der Waals surface area contributed by atoms with Crippen molar-refractivity contribution in [3.05, 3.63) is 0 Å². The molecule has 2 aliphatic rings. The van der Waals surface area contributed by atoms with Crippen LogP contribution in [0, 0.1) is 0 Å². The van der Waals surface area contributed by atoms with Crippen molar-refractivity contribution in [1.29, 1.82) is 0 Å². The largest absolute Gasteiger partial charge is 0.313 e. The molecule has 13 heavy (non-hydrogen) atoms. The Bertz CT molecular complexity index is 160. The summed E-state index contributed by atoms with van der Waals surface area (Å²) in [6.07, 6.45) is 4.04. The molecule has 2 rings (SSSR count). The van der Waals surface area contributed by atoms with E-state index in [0.29, 0.717) is 13.0 Å². The first-order valence-corrected chi connectivity index (χ1v) is 5.41. The van der Waals surface area contributed by atoms with Crippen LogP contribution < -0.4 is 5.32 Å². The van der Waals surface area contributed by atoms with Crippen molar-refractivity contribution in [3.8, 4) is 0 Å². The zero-order chi connectivity index (χ0) is 9.15. The van der Waals surface area contributed by atoms with Gasteiger partial charge in [0.2, 0.25) is 0 Å². The van der Waals surface area contributed by atoms with Crippen LogP contribution in [0.2, 0.25) is 0 Å². The fraction of sp³-hybridized carbons (Fsp3) is 1.00. The highest BCUT2D eigenvalue weighted by atomic mass is 19.1. The quantitative estimate of drug-likeness (QED) is 0.712. The molecule has 0 amide bonds. The number of likely N-dealkylation sites (tertiary alicyclic amines) is 1. The van der Waals surface area contributed by atoms with Gasteiger partial charge < -0.3 is 10.2 Å². The normalized spacial score (nSPS) is 35.8. The summed E-state index contributed by atoms with van der Waals surface area (Å²) in [5, 5.41) is 3.09. The first-order valence-electron chi connectivity index (χ1n) is 5.41. The van der Waals surface area contributed by atoms with Gasteiger partial charge in [-0.05, 0) is 45.3 Å². The molecule has 0 aromatic heterocycles. The maximum atomic E-state index is 13.9. The predicted octanol–water partition coefficient (Wildman–Crippen LogP) is 1.17. The fourth-order valence-electron chi connectivity index (χ4n) is 2.29. The van der Waals surface area contributed by atoms with Gasteiger partial charge in [0.1, 0.15) is 5.67 Å². The van der Waals surface area contributed by atoms with Crippen LogP contribution in [0.3, 0.4) is 0 Å². The zero-order valence-electron chi connectivity index (χ0n) is 8.19. The Morgan fingerprint density at radius 1 is 1.31 bits per heavy atom. The highest BCUT2D eigenvalue weighted by Gasteiger charge is 2.33. The third kappa shape index (κ3) is 2.41. The molecule has 2 fully saturated rings. The molecule has 2 aliphatic heterocycles. The van der Waals surface area contributed by atoms with Gasteiger partial charge in [-0.2, -0.15) is 0 Å². The van der Waals surface area contributed by atoms with E-state index in [9.17, 15) is 4.39 Å². The predicted molar refractivity (Wildman–Crippen MR) is 51.6 cm³/mol. The Labute approximate surface area is 79.5 Å². The van der Waals surface area contributed by atoms with Crippen LogP contribution in [0.5, 0.6) is 0 Å². The lowest BCUT2D eigenvalue weighted by molar-refractivity contribution is 0.152. The number of hydrogen-bond donors (Lipinski definition) is 1. The second kappa shape index (κ2) is 3.93. The van der Waals surface area contributed by atoms with Crippen molar-refractivity contribution >= 4 is 0 Å². The third-order valence-electron chi connectivity index (χ3n) is 3.27. The molecule has 0 aromatic rings. The lowest BCUT2D eigenvalue weighted by Gasteiger charge is -2.22. The maximum Gasteiger partial charge on any atom is 0.125 e. The monoisotopic (exact) mass is 186 g/mol. The smallest absolute Gasteiger partial charge is 0.125 e. The van der Waals surface area contributed by atoms with Gasteiger partial charge in [-0.25, -0.2) is 4.39 Å².